The Labute approximate surface area is 182 Å². The molecule has 6 nitrogen and oxygen atoms in total. The number of halogens is 2. The van der Waals surface area contributed by atoms with E-state index in [1.54, 1.807) is 18.5 Å². The monoisotopic (exact) mass is 432 g/mol. The van der Waals surface area contributed by atoms with Gasteiger partial charge in [0.2, 0.25) is 5.95 Å². The second-order valence-electron chi connectivity index (χ2n) is 7.53. The van der Waals surface area contributed by atoms with Crippen molar-refractivity contribution >= 4 is 27.6 Å². The van der Waals surface area contributed by atoms with Crippen LogP contribution in [0.4, 0.5) is 14.7 Å². The lowest BCUT2D eigenvalue weighted by atomic mass is 9.95. The first kappa shape index (κ1) is 20.1. The van der Waals surface area contributed by atoms with E-state index in [4.69, 9.17) is 11.2 Å². The number of aromatic hydroxyl groups is 1. The number of terminal acetylenes is 1. The molecule has 0 saturated carbocycles. The van der Waals surface area contributed by atoms with Crippen LogP contribution >= 0.6 is 0 Å². The molecule has 0 radical (unpaired) electrons. The minimum atomic E-state index is -0.849. The normalized spacial score (nSPS) is 14.5. The van der Waals surface area contributed by atoms with E-state index >= 15 is 0 Å². The molecule has 1 saturated heterocycles. The van der Waals surface area contributed by atoms with Crippen molar-refractivity contribution in [3.05, 3.63) is 53.9 Å². The first-order valence-corrected chi connectivity index (χ1v) is 10.1. The molecule has 1 aliphatic rings. The largest absolute Gasteiger partial charge is 0.508 e. The minimum absolute atomic E-state index is 0.0178. The number of aromatic nitrogens is 3. The first-order chi connectivity index (χ1) is 15.5. The van der Waals surface area contributed by atoms with Gasteiger partial charge in [0.15, 0.2) is 0 Å². The smallest absolute Gasteiger partial charge is 0.225 e. The average Bonchev–Trinajstić information content (AvgIpc) is 3.08. The number of phenols is 1. The molecular formula is C24H18F2N4O2. The SMILES string of the molecule is C#Cc1c(F)cc(F)c2cc(O)cc(-c3cc4nc(N5CCCOCC5)ncc4cn3)c12. The van der Waals surface area contributed by atoms with Crippen molar-refractivity contribution in [3.8, 4) is 29.4 Å². The summed E-state index contributed by atoms with van der Waals surface area (Å²) in [5.74, 6) is 1.02. The molecular weight excluding hydrogens is 414 g/mol. The van der Waals surface area contributed by atoms with Crippen LogP contribution in [0, 0.1) is 24.0 Å². The number of phenolic OH excluding ortho intramolecular Hbond substituents is 1. The number of hydrogen-bond donors (Lipinski definition) is 1. The molecule has 0 aliphatic carbocycles. The molecule has 0 bridgehead atoms. The van der Waals surface area contributed by atoms with E-state index in [9.17, 15) is 13.9 Å². The third-order valence-electron chi connectivity index (χ3n) is 5.50. The molecule has 1 aliphatic heterocycles. The van der Waals surface area contributed by atoms with Crippen molar-refractivity contribution in [2.45, 2.75) is 6.42 Å². The standard InChI is InChI=1S/C24H18F2N4O2/c1-2-16-19(25)10-20(26)17-8-15(31)9-18(23(16)17)22-11-21-14(12-27-22)13-28-24(29-21)30-4-3-6-32-7-5-30/h1,8-13,31H,3-7H2. The van der Waals surface area contributed by atoms with Crippen molar-refractivity contribution in [3.63, 3.8) is 0 Å². The fourth-order valence-corrected chi connectivity index (χ4v) is 3.97. The van der Waals surface area contributed by atoms with Gasteiger partial charge in [0.05, 0.1) is 23.4 Å². The Kier molecular flexibility index (Phi) is 5.04. The first-order valence-electron chi connectivity index (χ1n) is 10.1. The number of fused-ring (bicyclic) bond motifs is 2. The molecule has 4 aromatic rings. The molecule has 0 amide bonds. The summed E-state index contributed by atoms with van der Waals surface area (Å²) < 4.78 is 34.4. The van der Waals surface area contributed by atoms with E-state index in [1.807, 2.05) is 0 Å². The molecule has 5 rings (SSSR count). The van der Waals surface area contributed by atoms with Crippen LogP contribution in [0.3, 0.4) is 0 Å². The highest BCUT2D eigenvalue weighted by atomic mass is 19.1. The van der Waals surface area contributed by atoms with E-state index in [0.717, 1.165) is 19.0 Å². The maximum absolute atomic E-state index is 14.5. The van der Waals surface area contributed by atoms with Crippen LogP contribution in [0.2, 0.25) is 0 Å². The van der Waals surface area contributed by atoms with Gasteiger partial charge in [0.1, 0.15) is 17.4 Å². The van der Waals surface area contributed by atoms with Gasteiger partial charge in [-0.1, -0.05) is 5.92 Å². The molecule has 0 unspecified atom stereocenters. The molecule has 0 atom stereocenters. The third kappa shape index (κ3) is 3.47. The summed E-state index contributed by atoms with van der Waals surface area (Å²) >= 11 is 0. The number of pyridine rings is 1. The molecule has 2 aromatic carbocycles. The van der Waals surface area contributed by atoms with Crippen LogP contribution in [0.5, 0.6) is 5.75 Å². The number of ether oxygens (including phenoxy) is 1. The van der Waals surface area contributed by atoms with Crippen molar-refractivity contribution in [2.24, 2.45) is 0 Å². The van der Waals surface area contributed by atoms with E-state index in [2.05, 4.69) is 25.8 Å². The third-order valence-corrected chi connectivity index (χ3v) is 5.50. The number of hydrogen-bond acceptors (Lipinski definition) is 6. The summed E-state index contributed by atoms with van der Waals surface area (Å²) in [6, 6.07) is 5.03. The Bertz CT molecular complexity index is 1390. The zero-order valence-corrected chi connectivity index (χ0v) is 17.0. The minimum Gasteiger partial charge on any atom is -0.508 e. The highest BCUT2D eigenvalue weighted by molar-refractivity contribution is 6.02. The lowest BCUT2D eigenvalue weighted by molar-refractivity contribution is 0.152. The second kappa shape index (κ2) is 8.02. The Morgan fingerprint density at radius 2 is 1.88 bits per heavy atom. The summed E-state index contributed by atoms with van der Waals surface area (Å²) in [5, 5.41) is 11.1. The van der Waals surface area contributed by atoms with Crippen LogP contribution in [-0.4, -0.2) is 46.4 Å². The topological polar surface area (TPSA) is 71.4 Å². The zero-order valence-electron chi connectivity index (χ0n) is 17.0. The van der Waals surface area contributed by atoms with Gasteiger partial charge in [0, 0.05) is 59.9 Å². The summed E-state index contributed by atoms with van der Waals surface area (Å²) in [6.45, 7) is 2.77. The van der Waals surface area contributed by atoms with E-state index < -0.39 is 11.6 Å². The van der Waals surface area contributed by atoms with Gasteiger partial charge in [-0.3, -0.25) is 4.98 Å². The second-order valence-corrected chi connectivity index (χ2v) is 7.53. The number of nitrogens with zero attached hydrogens (tertiary/aromatic N) is 4. The lowest BCUT2D eigenvalue weighted by Gasteiger charge is -2.19. The van der Waals surface area contributed by atoms with Crippen molar-refractivity contribution in [1.82, 2.24) is 15.0 Å². The number of benzene rings is 2. The van der Waals surface area contributed by atoms with Crippen LogP contribution in [0.15, 0.2) is 36.7 Å². The molecule has 3 heterocycles. The predicted octanol–water partition coefficient (Wildman–Crippen LogP) is 4.04. The maximum Gasteiger partial charge on any atom is 0.225 e. The Morgan fingerprint density at radius 3 is 2.72 bits per heavy atom. The zero-order chi connectivity index (χ0) is 22.2. The highest BCUT2D eigenvalue weighted by Crippen LogP contribution is 2.37. The van der Waals surface area contributed by atoms with E-state index in [1.165, 1.54) is 12.1 Å². The molecule has 0 spiro atoms. The summed E-state index contributed by atoms with van der Waals surface area (Å²) in [5.41, 5.74) is 1.22. The van der Waals surface area contributed by atoms with Crippen molar-refractivity contribution in [2.75, 3.05) is 31.2 Å². The van der Waals surface area contributed by atoms with Crippen LogP contribution < -0.4 is 4.90 Å². The van der Waals surface area contributed by atoms with Gasteiger partial charge in [-0.05, 0) is 24.6 Å². The highest BCUT2D eigenvalue weighted by Gasteiger charge is 2.19. The Balaban J connectivity index is 1.70. The van der Waals surface area contributed by atoms with Gasteiger partial charge < -0.3 is 14.7 Å². The fraction of sp³-hybridized carbons (Fsp3) is 0.208. The van der Waals surface area contributed by atoms with Crippen LogP contribution in [-0.2, 0) is 4.74 Å². The molecule has 32 heavy (non-hydrogen) atoms. The van der Waals surface area contributed by atoms with E-state index in [0.29, 0.717) is 47.9 Å². The summed E-state index contributed by atoms with van der Waals surface area (Å²) in [6.07, 6.45) is 9.68. The fourth-order valence-electron chi connectivity index (χ4n) is 3.97. The Morgan fingerprint density at radius 1 is 1.03 bits per heavy atom. The Hall–Kier alpha value is -3.83. The average molecular weight is 432 g/mol. The van der Waals surface area contributed by atoms with Gasteiger partial charge in [-0.15, -0.1) is 6.42 Å². The van der Waals surface area contributed by atoms with Gasteiger partial charge in [-0.2, -0.15) is 0 Å². The number of anilines is 1. The molecule has 2 aromatic heterocycles. The van der Waals surface area contributed by atoms with E-state index in [-0.39, 0.29) is 22.1 Å². The van der Waals surface area contributed by atoms with Gasteiger partial charge in [0.25, 0.3) is 0 Å². The molecule has 1 N–H and O–H groups in total. The van der Waals surface area contributed by atoms with Crippen LogP contribution in [0.1, 0.15) is 12.0 Å². The van der Waals surface area contributed by atoms with Gasteiger partial charge >= 0.3 is 0 Å². The maximum atomic E-state index is 14.5. The lowest BCUT2D eigenvalue weighted by Crippen LogP contribution is -2.27. The predicted molar refractivity (Wildman–Crippen MR) is 117 cm³/mol. The quantitative estimate of drug-likeness (QED) is 0.482. The summed E-state index contributed by atoms with van der Waals surface area (Å²) in [7, 11) is 0. The van der Waals surface area contributed by atoms with Gasteiger partial charge in [-0.25, -0.2) is 18.7 Å². The molecule has 8 heteroatoms. The van der Waals surface area contributed by atoms with Crippen LogP contribution in [0.25, 0.3) is 32.9 Å². The molecule has 1 fully saturated rings. The molecule has 160 valence electrons. The van der Waals surface area contributed by atoms with Crippen molar-refractivity contribution < 1.29 is 18.6 Å². The van der Waals surface area contributed by atoms with Crippen molar-refractivity contribution in [1.29, 1.82) is 0 Å². The summed E-state index contributed by atoms with van der Waals surface area (Å²) in [4.78, 5) is 15.6. The number of rotatable bonds is 2.